The molecule has 7 heteroatoms. The minimum atomic E-state index is -0.600. The number of aromatic nitrogens is 1. The van der Waals surface area contributed by atoms with E-state index in [4.69, 9.17) is 0 Å². The molecule has 1 rings (SSSR count). The van der Waals surface area contributed by atoms with Crippen LogP contribution in [0, 0.1) is 10.1 Å². The van der Waals surface area contributed by atoms with E-state index in [1.807, 2.05) is 13.8 Å². The Kier molecular flexibility index (Phi) is 5.72. The summed E-state index contributed by atoms with van der Waals surface area (Å²) in [6.45, 7) is 5.08. The van der Waals surface area contributed by atoms with Gasteiger partial charge in [-0.05, 0) is 12.8 Å². The van der Waals surface area contributed by atoms with E-state index in [0.29, 0.717) is 18.9 Å². The SMILES string of the molecule is CCCNC(=O)c1cc(NCCC)ncc1[N+](=O)[O-]. The van der Waals surface area contributed by atoms with E-state index in [9.17, 15) is 14.9 Å². The number of carbonyl (C=O) groups is 1. The molecule has 0 saturated heterocycles. The molecule has 0 saturated carbocycles. The molecule has 104 valence electrons. The number of nitrogens with zero attached hydrogens (tertiary/aromatic N) is 2. The van der Waals surface area contributed by atoms with Crippen LogP contribution in [0.4, 0.5) is 11.5 Å². The van der Waals surface area contributed by atoms with Gasteiger partial charge < -0.3 is 10.6 Å². The van der Waals surface area contributed by atoms with Crippen LogP contribution in [0.25, 0.3) is 0 Å². The number of amides is 1. The third kappa shape index (κ3) is 4.20. The third-order valence-corrected chi connectivity index (χ3v) is 2.42. The number of hydrogen-bond donors (Lipinski definition) is 2. The maximum absolute atomic E-state index is 11.9. The van der Waals surface area contributed by atoms with Crippen molar-refractivity contribution < 1.29 is 9.72 Å². The molecule has 0 radical (unpaired) electrons. The van der Waals surface area contributed by atoms with Crippen molar-refractivity contribution in [3.63, 3.8) is 0 Å². The van der Waals surface area contributed by atoms with Gasteiger partial charge in [-0.1, -0.05) is 13.8 Å². The van der Waals surface area contributed by atoms with Gasteiger partial charge in [-0.3, -0.25) is 14.9 Å². The van der Waals surface area contributed by atoms with E-state index in [1.54, 1.807) is 0 Å². The first-order chi connectivity index (χ1) is 9.10. The molecule has 0 bridgehead atoms. The van der Waals surface area contributed by atoms with Crippen LogP contribution in [0.5, 0.6) is 0 Å². The molecular formula is C12H18N4O3. The molecular weight excluding hydrogens is 248 g/mol. The zero-order valence-electron chi connectivity index (χ0n) is 11.1. The molecule has 19 heavy (non-hydrogen) atoms. The zero-order valence-corrected chi connectivity index (χ0v) is 11.1. The summed E-state index contributed by atoms with van der Waals surface area (Å²) in [4.78, 5) is 26.1. The topological polar surface area (TPSA) is 97.2 Å². The van der Waals surface area contributed by atoms with E-state index in [1.165, 1.54) is 6.07 Å². The second kappa shape index (κ2) is 7.30. The second-order valence-corrected chi connectivity index (χ2v) is 4.03. The molecule has 7 nitrogen and oxygen atoms in total. The lowest BCUT2D eigenvalue weighted by Gasteiger charge is -2.07. The summed E-state index contributed by atoms with van der Waals surface area (Å²) in [7, 11) is 0. The summed E-state index contributed by atoms with van der Waals surface area (Å²) in [5.41, 5.74) is -0.247. The highest BCUT2D eigenvalue weighted by atomic mass is 16.6. The van der Waals surface area contributed by atoms with Gasteiger partial charge >= 0.3 is 0 Å². The average molecular weight is 266 g/mol. The van der Waals surface area contributed by atoms with Crippen LogP contribution in [0.2, 0.25) is 0 Å². The lowest BCUT2D eigenvalue weighted by atomic mass is 10.2. The van der Waals surface area contributed by atoms with Crippen molar-refractivity contribution >= 4 is 17.4 Å². The van der Waals surface area contributed by atoms with E-state index in [0.717, 1.165) is 19.0 Å². The average Bonchev–Trinajstić information content (AvgIpc) is 2.41. The standard InChI is InChI=1S/C12H18N4O3/c1-3-5-13-11-7-9(12(17)14-6-4-2)10(8-15-11)16(18)19/h7-8H,3-6H2,1-2H3,(H,13,15)(H,14,17). The summed E-state index contributed by atoms with van der Waals surface area (Å²) in [6, 6.07) is 1.42. The van der Waals surface area contributed by atoms with Crippen molar-refractivity contribution in [2.45, 2.75) is 26.7 Å². The molecule has 1 aromatic rings. The second-order valence-electron chi connectivity index (χ2n) is 4.03. The number of nitro groups is 1. The van der Waals surface area contributed by atoms with Crippen molar-refractivity contribution in [3.05, 3.63) is 27.9 Å². The van der Waals surface area contributed by atoms with Gasteiger partial charge in [0.05, 0.1) is 4.92 Å². The minimum absolute atomic E-state index is 0.0343. The molecule has 1 aromatic heterocycles. The first-order valence-corrected chi connectivity index (χ1v) is 6.26. The normalized spacial score (nSPS) is 10.0. The molecule has 1 heterocycles. The Bertz CT molecular complexity index is 462. The summed E-state index contributed by atoms with van der Waals surface area (Å²) in [6.07, 6.45) is 2.78. The van der Waals surface area contributed by atoms with Crippen molar-refractivity contribution in [2.75, 3.05) is 18.4 Å². The molecule has 0 atom stereocenters. The van der Waals surface area contributed by atoms with Gasteiger partial charge in [0.15, 0.2) is 0 Å². The van der Waals surface area contributed by atoms with Gasteiger partial charge in [-0.15, -0.1) is 0 Å². The van der Waals surface area contributed by atoms with Gasteiger partial charge in [0.25, 0.3) is 11.6 Å². The monoisotopic (exact) mass is 266 g/mol. The van der Waals surface area contributed by atoms with Gasteiger partial charge in [-0.25, -0.2) is 4.98 Å². The maximum Gasteiger partial charge on any atom is 0.300 e. The van der Waals surface area contributed by atoms with Gasteiger partial charge in [0.2, 0.25) is 0 Å². The molecule has 1 amide bonds. The molecule has 0 spiro atoms. The van der Waals surface area contributed by atoms with E-state index in [-0.39, 0.29) is 11.3 Å². The highest BCUT2D eigenvalue weighted by Gasteiger charge is 2.21. The Morgan fingerprint density at radius 1 is 1.37 bits per heavy atom. The quantitative estimate of drug-likeness (QED) is 0.580. The summed E-state index contributed by atoms with van der Waals surface area (Å²) in [5, 5.41) is 16.5. The van der Waals surface area contributed by atoms with E-state index in [2.05, 4.69) is 15.6 Å². The first-order valence-electron chi connectivity index (χ1n) is 6.26. The molecule has 0 fully saturated rings. The van der Waals surface area contributed by atoms with Gasteiger partial charge in [0.1, 0.15) is 17.6 Å². The summed E-state index contributed by atoms with van der Waals surface area (Å²) < 4.78 is 0. The molecule has 0 aromatic carbocycles. The fourth-order valence-corrected chi connectivity index (χ4v) is 1.46. The Morgan fingerprint density at radius 2 is 2.05 bits per heavy atom. The van der Waals surface area contributed by atoms with E-state index >= 15 is 0 Å². The molecule has 0 aliphatic heterocycles. The van der Waals surface area contributed by atoms with Crippen LogP contribution in [-0.2, 0) is 0 Å². The van der Waals surface area contributed by atoms with Gasteiger partial charge in [0, 0.05) is 19.2 Å². The molecule has 2 N–H and O–H groups in total. The van der Waals surface area contributed by atoms with Crippen LogP contribution in [-0.4, -0.2) is 28.9 Å². The fraction of sp³-hybridized carbons (Fsp3) is 0.500. The Labute approximate surface area is 111 Å². The van der Waals surface area contributed by atoms with Crippen LogP contribution in [0.15, 0.2) is 12.3 Å². The van der Waals surface area contributed by atoms with Crippen molar-refractivity contribution in [1.82, 2.24) is 10.3 Å². The van der Waals surface area contributed by atoms with Crippen molar-refractivity contribution in [3.8, 4) is 0 Å². The first kappa shape index (κ1) is 14.9. The molecule has 0 unspecified atom stereocenters. The third-order valence-electron chi connectivity index (χ3n) is 2.42. The lowest BCUT2D eigenvalue weighted by molar-refractivity contribution is -0.385. The van der Waals surface area contributed by atoms with Crippen molar-refractivity contribution in [2.24, 2.45) is 0 Å². The zero-order chi connectivity index (χ0) is 14.3. The van der Waals surface area contributed by atoms with Crippen molar-refractivity contribution in [1.29, 1.82) is 0 Å². The maximum atomic E-state index is 11.9. The lowest BCUT2D eigenvalue weighted by Crippen LogP contribution is -2.25. The predicted octanol–water partition coefficient (Wildman–Crippen LogP) is 1.95. The van der Waals surface area contributed by atoms with Crippen LogP contribution >= 0.6 is 0 Å². The Balaban J connectivity index is 3.01. The summed E-state index contributed by atoms with van der Waals surface area (Å²) in [5.74, 6) is 0.0181. The predicted molar refractivity (Wildman–Crippen MR) is 72.3 cm³/mol. The van der Waals surface area contributed by atoms with Gasteiger partial charge in [-0.2, -0.15) is 0 Å². The number of carbonyl (C=O) groups excluding carboxylic acids is 1. The van der Waals surface area contributed by atoms with Crippen LogP contribution < -0.4 is 10.6 Å². The van der Waals surface area contributed by atoms with E-state index < -0.39 is 10.8 Å². The summed E-state index contributed by atoms with van der Waals surface area (Å²) >= 11 is 0. The smallest absolute Gasteiger partial charge is 0.300 e. The highest BCUT2D eigenvalue weighted by Crippen LogP contribution is 2.20. The Hall–Kier alpha value is -2.18. The number of anilines is 1. The molecule has 0 aliphatic carbocycles. The van der Waals surface area contributed by atoms with Crippen LogP contribution in [0.1, 0.15) is 37.0 Å². The number of pyridine rings is 1. The number of rotatable bonds is 7. The fourth-order valence-electron chi connectivity index (χ4n) is 1.46. The largest absolute Gasteiger partial charge is 0.370 e. The highest BCUT2D eigenvalue weighted by molar-refractivity contribution is 5.98. The number of nitrogens with one attached hydrogen (secondary N) is 2. The Morgan fingerprint density at radius 3 is 2.63 bits per heavy atom. The number of hydrogen-bond acceptors (Lipinski definition) is 5. The molecule has 0 aliphatic rings. The van der Waals surface area contributed by atoms with Crippen LogP contribution in [0.3, 0.4) is 0 Å². The minimum Gasteiger partial charge on any atom is -0.370 e.